The normalized spacial score (nSPS) is 32.2. The molecule has 2 fully saturated rings. The van der Waals surface area contributed by atoms with Crippen molar-refractivity contribution in [2.45, 2.75) is 19.3 Å². The third-order valence-corrected chi connectivity index (χ3v) is 5.38. The Balaban J connectivity index is 1.91. The van der Waals surface area contributed by atoms with Crippen LogP contribution in [0, 0.1) is 5.92 Å². The maximum atomic E-state index is 12.0. The summed E-state index contributed by atoms with van der Waals surface area (Å²) in [5.41, 5.74) is 0. The molecule has 0 amide bonds. The summed E-state index contributed by atoms with van der Waals surface area (Å²) < 4.78 is 16.4. The highest BCUT2D eigenvalue weighted by Crippen LogP contribution is 2.15. The van der Waals surface area contributed by atoms with E-state index in [2.05, 4.69) is 9.68 Å². The highest BCUT2D eigenvalue weighted by atomic mass is 32.2. The molecule has 3 nitrogen and oxygen atoms in total. The average Bonchev–Trinajstić information content (AvgIpc) is 2.72. The number of hydrogen-bond donors (Lipinski definition) is 1. The molecule has 0 bridgehead atoms. The fourth-order valence-corrected chi connectivity index (χ4v) is 4.25. The minimum Gasteiger partial charge on any atom is -0.316 e. The lowest BCUT2D eigenvalue weighted by Gasteiger charge is -2.05. The third-order valence-electron chi connectivity index (χ3n) is 2.91. The van der Waals surface area contributed by atoms with Gasteiger partial charge in [-0.05, 0) is 38.3 Å². The van der Waals surface area contributed by atoms with Gasteiger partial charge in [0, 0.05) is 21.2 Å². The molecule has 2 saturated heterocycles. The first-order valence-corrected chi connectivity index (χ1v) is 7.03. The first-order valence-electron chi connectivity index (χ1n) is 5.17. The largest absolute Gasteiger partial charge is 0.316 e. The molecule has 0 aromatic rings. The van der Waals surface area contributed by atoms with Gasteiger partial charge >= 0.3 is 0 Å². The summed E-state index contributed by atoms with van der Waals surface area (Å²) in [6.07, 6.45) is 3.44. The van der Waals surface area contributed by atoms with E-state index in [1.807, 2.05) is 0 Å². The zero-order valence-electron chi connectivity index (χ0n) is 8.00. The summed E-state index contributed by atoms with van der Waals surface area (Å²) in [5.74, 6) is 2.36. The van der Waals surface area contributed by atoms with Crippen LogP contribution in [0.25, 0.3) is 0 Å². The lowest BCUT2D eigenvalue weighted by molar-refractivity contribution is 0.596. The van der Waals surface area contributed by atoms with Crippen LogP contribution in [-0.2, 0) is 9.73 Å². The molecular weight excluding hydrogens is 184 g/mol. The Hall–Kier alpha value is -0.0900. The number of nitrogens with zero attached hydrogens (tertiary/aromatic N) is 1. The second-order valence-corrected chi connectivity index (χ2v) is 6.68. The van der Waals surface area contributed by atoms with E-state index in [0.29, 0.717) is 5.92 Å². The van der Waals surface area contributed by atoms with Crippen LogP contribution in [0.15, 0.2) is 4.36 Å². The zero-order valence-corrected chi connectivity index (χ0v) is 8.81. The van der Waals surface area contributed by atoms with Crippen molar-refractivity contribution in [3.05, 3.63) is 0 Å². The maximum Gasteiger partial charge on any atom is 0.0525 e. The smallest absolute Gasteiger partial charge is 0.0525 e. The van der Waals surface area contributed by atoms with E-state index in [1.165, 1.54) is 6.42 Å². The molecule has 0 spiro atoms. The summed E-state index contributed by atoms with van der Waals surface area (Å²) in [5, 5.41) is 3.31. The van der Waals surface area contributed by atoms with Crippen molar-refractivity contribution in [2.75, 3.05) is 31.1 Å². The number of hydrogen-bond acceptors (Lipinski definition) is 3. The van der Waals surface area contributed by atoms with Crippen molar-refractivity contribution in [1.29, 1.82) is 0 Å². The highest BCUT2D eigenvalue weighted by Gasteiger charge is 2.18. The van der Waals surface area contributed by atoms with Crippen molar-refractivity contribution in [1.82, 2.24) is 5.32 Å². The molecule has 13 heavy (non-hydrogen) atoms. The topological polar surface area (TPSA) is 41.5 Å². The Morgan fingerprint density at radius 1 is 1.38 bits per heavy atom. The summed E-state index contributed by atoms with van der Waals surface area (Å²) >= 11 is 0. The summed E-state index contributed by atoms with van der Waals surface area (Å²) in [6, 6.07) is 0. The minimum atomic E-state index is -1.74. The molecule has 1 N–H and O–H groups in total. The lowest BCUT2D eigenvalue weighted by Crippen LogP contribution is -2.12. The van der Waals surface area contributed by atoms with Gasteiger partial charge in [0.25, 0.3) is 0 Å². The van der Waals surface area contributed by atoms with Gasteiger partial charge in [0.2, 0.25) is 0 Å². The summed E-state index contributed by atoms with van der Waals surface area (Å²) in [7, 11) is -1.74. The lowest BCUT2D eigenvalue weighted by atomic mass is 10.1. The molecule has 2 heterocycles. The molecule has 1 unspecified atom stereocenters. The van der Waals surface area contributed by atoms with E-state index in [-0.39, 0.29) is 0 Å². The van der Waals surface area contributed by atoms with Gasteiger partial charge in [0.05, 0.1) is 6.54 Å². The first-order chi connectivity index (χ1) is 6.29. The van der Waals surface area contributed by atoms with Gasteiger partial charge in [-0.25, -0.2) is 8.57 Å². The second-order valence-electron chi connectivity index (χ2n) is 4.06. The van der Waals surface area contributed by atoms with Crippen molar-refractivity contribution < 1.29 is 4.21 Å². The standard InChI is InChI=1S/C9H18N2OS/c12-13(5-1-2-6-13)11-8-9-3-4-10-7-9/h9-10H,1-8H2. The van der Waals surface area contributed by atoms with E-state index in [9.17, 15) is 4.21 Å². The quantitative estimate of drug-likeness (QED) is 0.721. The highest BCUT2D eigenvalue weighted by molar-refractivity contribution is 7.93. The Morgan fingerprint density at radius 3 is 2.77 bits per heavy atom. The van der Waals surface area contributed by atoms with Crippen LogP contribution in [-0.4, -0.2) is 35.3 Å². The summed E-state index contributed by atoms with van der Waals surface area (Å²) in [6.45, 7) is 3.01. The monoisotopic (exact) mass is 202 g/mol. The second kappa shape index (κ2) is 3.96. The van der Waals surface area contributed by atoms with E-state index < -0.39 is 9.73 Å². The molecule has 2 rings (SSSR count). The van der Waals surface area contributed by atoms with Crippen LogP contribution in [0.2, 0.25) is 0 Å². The molecule has 0 aliphatic carbocycles. The number of nitrogens with one attached hydrogen (secondary N) is 1. The molecule has 2 aliphatic heterocycles. The van der Waals surface area contributed by atoms with Gasteiger partial charge in [0.15, 0.2) is 0 Å². The molecule has 4 heteroatoms. The molecule has 2 aliphatic rings. The Bertz CT molecular complexity index is 263. The van der Waals surface area contributed by atoms with Crippen LogP contribution < -0.4 is 5.32 Å². The maximum absolute atomic E-state index is 12.0. The van der Waals surface area contributed by atoms with Gasteiger partial charge in [0.1, 0.15) is 0 Å². The first kappa shape index (κ1) is 9.46. The summed E-state index contributed by atoms with van der Waals surface area (Å²) in [4.78, 5) is 0. The molecule has 0 aromatic carbocycles. The zero-order chi connectivity index (χ0) is 9.15. The molecule has 76 valence electrons. The third kappa shape index (κ3) is 2.44. The van der Waals surface area contributed by atoms with E-state index >= 15 is 0 Å². The molecule has 0 aromatic heterocycles. The van der Waals surface area contributed by atoms with Gasteiger partial charge in [-0.3, -0.25) is 0 Å². The van der Waals surface area contributed by atoms with Crippen molar-refractivity contribution in [2.24, 2.45) is 10.3 Å². The average molecular weight is 202 g/mol. The predicted octanol–water partition coefficient (Wildman–Crippen LogP) is 0.858. The van der Waals surface area contributed by atoms with E-state index in [1.54, 1.807) is 0 Å². The predicted molar refractivity (Wildman–Crippen MR) is 55.4 cm³/mol. The van der Waals surface area contributed by atoms with Gasteiger partial charge < -0.3 is 5.32 Å². The Labute approximate surface area is 80.5 Å². The molecule has 0 radical (unpaired) electrons. The van der Waals surface area contributed by atoms with Crippen LogP contribution >= 0.6 is 0 Å². The van der Waals surface area contributed by atoms with Crippen molar-refractivity contribution in [3.8, 4) is 0 Å². The van der Waals surface area contributed by atoms with Crippen LogP contribution in [0.3, 0.4) is 0 Å². The van der Waals surface area contributed by atoms with E-state index in [0.717, 1.165) is 44.0 Å². The Morgan fingerprint density at radius 2 is 2.15 bits per heavy atom. The molecular formula is C9H18N2OS. The molecule has 0 saturated carbocycles. The minimum absolute atomic E-state index is 0.652. The van der Waals surface area contributed by atoms with Gasteiger partial charge in [-0.1, -0.05) is 0 Å². The SMILES string of the molecule is O=S1(=NCC2CCNC2)CCCC1. The van der Waals surface area contributed by atoms with Gasteiger partial charge in [-0.15, -0.1) is 0 Å². The fourth-order valence-electron chi connectivity index (χ4n) is 2.00. The van der Waals surface area contributed by atoms with E-state index in [4.69, 9.17) is 0 Å². The van der Waals surface area contributed by atoms with Crippen molar-refractivity contribution in [3.63, 3.8) is 0 Å². The van der Waals surface area contributed by atoms with Crippen molar-refractivity contribution >= 4 is 9.73 Å². The number of rotatable bonds is 2. The molecule has 1 atom stereocenters. The van der Waals surface area contributed by atoms with Crippen LogP contribution in [0.5, 0.6) is 0 Å². The fraction of sp³-hybridized carbons (Fsp3) is 1.00. The van der Waals surface area contributed by atoms with Crippen LogP contribution in [0.1, 0.15) is 19.3 Å². The van der Waals surface area contributed by atoms with Gasteiger partial charge in [-0.2, -0.15) is 0 Å². The Kier molecular flexibility index (Phi) is 2.89. The van der Waals surface area contributed by atoms with Crippen LogP contribution in [0.4, 0.5) is 0 Å².